The van der Waals surface area contributed by atoms with Crippen LogP contribution in [0.1, 0.15) is 65.7 Å². The molecule has 3 unspecified atom stereocenters. The lowest BCUT2D eigenvalue weighted by Crippen LogP contribution is -2.36. The third-order valence-corrected chi connectivity index (χ3v) is 4.64. The minimum Gasteiger partial charge on any atom is -0.379 e. The van der Waals surface area contributed by atoms with E-state index in [9.17, 15) is 0 Å². The zero-order valence-corrected chi connectivity index (χ0v) is 12.2. The largest absolute Gasteiger partial charge is 0.379 e. The molecule has 2 heteroatoms. The molecule has 0 aromatic rings. The molecule has 0 aliphatic heterocycles. The van der Waals surface area contributed by atoms with Crippen LogP contribution in [0, 0.1) is 11.8 Å². The number of nitrogens with two attached hydrogens (primary N) is 1. The van der Waals surface area contributed by atoms with Crippen molar-refractivity contribution in [2.75, 3.05) is 7.11 Å². The topological polar surface area (TPSA) is 35.2 Å². The first-order valence-corrected chi connectivity index (χ1v) is 7.29. The van der Waals surface area contributed by atoms with Gasteiger partial charge in [0.15, 0.2) is 0 Å². The summed E-state index contributed by atoms with van der Waals surface area (Å²) in [5.74, 6) is 1.68. The molecule has 0 radical (unpaired) electrons. The van der Waals surface area contributed by atoms with Crippen LogP contribution in [0.2, 0.25) is 0 Å². The predicted molar refractivity (Wildman–Crippen MR) is 74.0 cm³/mol. The number of hydrogen-bond donors (Lipinski definition) is 1. The van der Waals surface area contributed by atoms with Crippen LogP contribution >= 0.6 is 0 Å². The highest BCUT2D eigenvalue weighted by atomic mass is 16.5. The molecule has 0 heterocycles. The average Bonchev–Trinajstić information content (AvgIpc) is 2.36. The zero-order valence-electron chi connectivity index (χ0n) is 12.2. The van der Waals surface area contributed by atoms with Gasteiger partial charge in [-0.3, -0.25) is 0 Å². The van der Waals surface area contributed by atoms with E-state index < -0.39 is 0 Å². The van der Waals surface area contributed by atoms with Gasteiger partial charge in [0.05, 0.1) is 5.60 Å². The van der Waals surface area contributed by atoms with Crippen molar-refractivity contribution in [1.82, 2.24) is 0 Å². The summed E-state index contributed by atoms with van der Waals surface area (Å²) < 4.78 is 5.46. The Bertz CT molecular complexity index is 215. The monoisotopic (exact) mass is 241 g/mol. The molecule has 102 valence electrons. The van der Waals surface area contributed by atoms with Crippen molar-refractivity contribution >= 4 is 0 Å². The quantitative estimate of drug-likeness (QED) is 0.769. The second-order valence-electron chi connectivity index (χ2n) is 6.37. The summed E-state index contributed by atoms with van der Waals surface area (Å²) >= 11 is 0. The SMILES string of the molecule is CCC1CCCC(C(N)CCC(C)(C)OC)C1. The molecule has 0 amide bonds. The number of hydrogen-bond acceptors (Lipinski definition) is 2. The molecule has 2 N–H and O–H groups in total. The van der Waals surface area contributed by atoms with Crippen LogP contribution in [-0.2, 0) is 4.74 Å². The normalized spacial score (nSPS) is 28.1. The highest BCUT2D eigenvalue weighted by Crippen LogP contribution is 2.34. The van der Waals surface area contributed by atoms with Crippen LogP contribution in [0.5, 0.6) is 0 Å². The Balaban J connectivity index is 2.34. The van der Waals surface area contributed by atoms with Crippen LogP contribution in [0.3, 0.4) is 0 Å². The van der Waals surface area contributed by atoms with E-state index in [4.69, 9.17) is 10.5 Å². The maximum atomic E-state index is 6.37. The van der Waals surface area contributed by atoms with Crippen molar-refractivity contribution < 1.29 is 4.74 Å². The van der Waals surface area contributed by atoms with Gasteiger partial charge in [-0.05, 0) is 51.4 Å². The van der Waals surface area contributed by atoms with Gasteiger partial charge >= 0.3 is 0 Å². The Kier molecular flexibility index (Phi) is 5.94. The molecule has 1 aliphatic rings. The first-order valence-electron chi connectivity index (χ1n) is 7.29. The van der Waals surface area contributed by atoms with E-state index in [1.54, 1.807) is 7.11 Å². The van der Waals surface area contributed by atoms with E-state index >= 15 is 0 Å². The molecule has 0 aromatic heterocycles. The first kappa shape index (κ1) is 15.0. The molecular formula is C15H31NO. The van der Waals surface area contributed by atoms with Crippen LogP contribution in [-0.4, -0.2) is 18.8 Å². The predicted octanol–water partition coefficient (Wildman–Crippen LogP) is 3.74. The maximum Gasteiger partial charge on any atom is 0.0623 e. The summed E-state index contributed by atoms with van der Waals surface area (Å²) in [6.45, 7) is 6.61. The molecule has 17 heavy (non-hydrogen) atoms. The van der Waals surface area contributed by atoms with Crippen molar-refractivity contribution in [3.63, 3.8) is 0 Å². The van der Waals surface area contributed by atoms with Crippen LogP contribution in [0.25, 0.3) is 0 Å². The van der Waals surface area contributed by atoms with E-state index in [1.165, 1.54) is 32.1 Å². The average molecular weight is 241 g/mol. The number of rotatable bonds is 6. The second kappa shape index (κ2) is 6.75. The van der Waals surface area contributed by atoms with Crippen molar-refractivity contribution in [2.45, 2.75) is 77.4 Å². The first-order chi connectivity index (χ1) is 7.98. The van der Waals surface area contributed by atoms with Gasteiger partial charge in [-0.15, -0.1) is 0 Å². The van der Waals surface area contributed by atoms with Crippen molar-refractivity contribution in [2.24, 2.45) is 17.6 Å². The van der Waals surface area contributed by atoms with E-state index in [0.29, 0.717) is 6.04 Å². The lowest BCUT2D eigenvalue weighted by molar-refractivity contribution is 0.0104. The Morgan fingerprint density at radius 3 is 2.65 bits per heavy atom. The van der Waals surface area contributed by atoms with Gasteiger partial charge < -0.3 is 10.5 Å². The molecule has 1 rings (SSSR count). The highest BCUT2D eigenvalue weighted by Gasteiger charge is 2.27. The zero-order chi connectivity index (χ0) is 12.9. The molecule has 0 bridgehead atoms. The van der Waals surface area contributed by atoms with Crippen LogP contribution in [0.4, 0.5) is 0 Å². The van der Waals surface area contributed by atoms with Crippen molar-refractivity contribution in [1.29, 1.82) is 0 Å². The lowest BCUT2D eigenvalue weighted by Gasteiger charge is -2.34. The Morgan fingerprint density at radius 2 is 2.06 bits per heavy atom. The van der Waals surface area contributed by atoms with Gasteiger partial charge in [0, 0.05) is 13.2 Å². The summed E-state index contributed by atoms with van der Waals surface area (Å²) in [5, 5.41) is 0. The molecule has 1 aliphatic carbocycles. The third-order valence-electron chi connectivity index (χ3n) is 4.64. The Hall–Kier alpha value is -0.0800. The van der Waals surface area contributed by atoms with E-state index in [1.807, 2.05) is 0 Å². The van der Waals surface area contributed by atoms with E-state index in [2.05, 4.69) is 20.8 Å². The number of ether oxygens (including phenoxy) is 1. The number of methoxy groups -OCH3 is 1. The van der Waals surface area contributed by atoms with Crippen LogP contribution in [0.15, 0.2) is 0 Å². The summed E-state index contributed by atoms with van der Waals surface area (Å²) in [5.41, 5.74) is 6.35. The fourth-order valence-corrected chi connectivity index (χ4v) is 2.94. The van der Waals surface area contributed by atoms with Gasteiger partial charge in [-0.25, -0.2) is 0 Å². The molecule has 1 saturated carbocycles. The minimum absolute atomic E-state index is 0.0174. The summed E-state index contributed by atoms with van der Waals surface area (Å²) in [7, 11) is 1.79. The lowest BCUT2D eigenvalue weighted by atomic mass is 9.75. The summed E-state index contributed by atoms with van der Waals surface area (Å²) in [6, 6.07) is 0.374. The van der Waals surface area contributed by atoms with E-state index in [0.717, 1.165) is 24.7 Å². The molecule has 0 aromatic carbocycles. The fraction of sp³-hybridized carbons (Fsp3) is 1.00. The standard InChI is InChI=1S/C15H31NO/c1-5-12-7-6-8-13(11-12)14(16)9-10-15(2,3)17-4/h12-14H,5-11,16H2,1-4H3. The molecule has 1 fully saturated rings. The minimum atomic E-state index is -0.0174. The van der Waals surface area contributed by atoms with Crippen molar-refractivity contribution in [3.8, 4) is 0 Å². The summed E-state index contributed by atoms with van der Waals surface area (Å²) in [4.78, 5) is 0. The molecular weight excluding hydrogens is 210 g/mol. The Morgan fingerprint density at radius 1 is 1.35 bits per heavy atom. The maximum absolute atomic E-state index is 6.37. The smallest absolute Gasteiger partial charge is 0.0623 e. The third kappa shape index (κ3) is 4.97. The second-order valence-corrected chi connectivity index (χ2v) is 6.37. The molecule has 0 spiro atoms. The highest BCUT2D eigenvalue weighted by molar-refractivity contribution is 4.82. The summed E-state index contributed by atoms with van der Waals surface area (Å²) in [6.07, 6.45) is 8.98. The van der Waals surface area contributed by atoms with Crippen LogP contribution < -0.4 is 5.73 Å². The van der Waals surface area contributed by atoms with Gasteiger partial charge in [0.25, 0.3) is 0 Å². The fourth-order valence-electron chi connectivity index (χ4n) is 2.94. The van der Waals surface area contributed by atoms with E-state index in [-0.39, 0.29) is 5.60 Å². The Labute approximate surface area is 107 Å². The van der Waals surface area contributed by atoms with Gasteiger partial charge in [-0.1, -0.05) is 26.2 Å². The van der Waals surface area contributed by atoms with Gasteiger partial charge in [-0.2, -0.15) is 0 Å². The van der Waals surface area contributed by atoms with Crippen molar-refractivity contribution in [3.05, 3.63) is 0 Å². The molecule has 2 nitrogen and oxygen atoms in total. The van der Waals surface area contributed by atoms with Gasteiger partial charge in [0.1, 0.15) is 0 Å². The molecule has 0 saturated heterocycles. The molecule has 3 atom stereocenters. The van der Waals surface area contributed by atoms with Gasteiger partial charge in [0.2, 0.25) is 0 Å².